The van der Waals surface area contributed by atoms with Gasteiger partial charge in [-0.2, -0.15) is 0 Å². The van der Waals surface area contributed by atoms with Gasteiger partial charge in [-0.15, -0.1) is 0 Å². The molecule has 0 aliphatic carbocycles. The number of H-pyrrole nitrogens is 1. The molecule has 1 heterocycles. The molecule has 0 aliphatic rings. The number of amides is 1. The number of ether oxygens (including phenoxy) is 1. The second kappa shape index (κ2) is 7.32. The highest BCUT2D eigenvalue weighted by Gasteiger charge is 2.16. The number of aromatic nitrogens is 2. The number of hydrogen-bond donors (Lipinski definition) is 3. The van der Waals surface area contributed by atoms with Gasteiger partial charge in [-0.05, 0) is 23.8 Å². The second-order valence-electron chi connectivity index (χ2n) is 5.16. The summed E-state index contributed by atoms with van der Waals surface area (Å²) >= 11 is 0. The van der Waals surface area contributed by atoms with Crippen molar-refractivity contribution in [1.29, 1.82) is 0 Å². The van der Waals surface area contributed by atoms with Crippen LogP contribution in [0.4, 0.5) is 16.2 Å². The molecular formula is C18H18N4O2. The zero-order chi connectivity index (χ0) is 16.8. The quantitative estimate of drug-likeness (QED) is 0.668. The maximum atomic E-state index is 11.4. The van der Waals surface area contributed by atoms with Crippen LogP contribution in [0.1, 0.15) is 17.4 Å². The van der Waals surface area contributed by atoms with Gasteiger partial charge >= 0.3 is 6.09 Å². The lowest BCUT2D eigenvalue weighted by Gasteiger charge is -2.19. The van der Waals surface area contributed by atoms with Crippen molar-refractivity contribution in [2.45, 2.75) is 6.04 Å². The number of nitrogens with one attached hydrogen (secondary N) is 3. The van der Waals surface area contributed by atoms with Gasteiger partial charge in [0.1, 0.15) is 11.9 Å². The molecule has 2 aromatic carbocycles. The van der Waals surface area contributed by atoms with Gasteiger partial charge in [0.2, 0.25) is 0 Å². The smallest absolute Gasteiger partial charge is 0.411 e. The Bertz CT molecular complexity index is 788. The molecule has 0 fully saturated rings. The normalized spacial score (nSPS) is 11.5. The number of methoxy groups -OCH3 is 1. The highest BCUT2D eigenvalue weighted by atomic mass is 16.5. The van der Waals surface area contributed by atoms with Gasteiger partial charge in [-0.3, -0.25) is 5.32 Å². The van der Waals surface area contributed by atoms with Gasteiger partial charge in [0.05, 0.1) is 7.11 Å². The van der Waals surface area contributed by atoms with E-state index in [0.29, 0.717) is 5.69 Å². The summed E-state index contributed by atoms with van der Waals surface area (Å²) in [5.41, 5.74) is 2.59. The van der Waals surface area contributed by atoms with Crippen LogP contribution < -0.4 is 10.6 Å². The predicted molar refractivity (Wildman–Crippen MR) is 93.0 cm³/mol. The van der Waals surface area contributed by atoms with Crippen LogP contribution in [0, 0.1) is 0 Å². The van der Waals surface area contributed by atoms with E-state index in [-0.39, 0.29) is 6.04 Å². The first-order valence-corrected chi connectivity index (χ1v) is 7.52. The average Bonchev–Trinajstić information content (AvgIpc) is 3.15. The third kappa shape index (κ3) is 3.73. The molecule has 1 unspecified atom stereocenters. The second-order valence-corrected chi connectivity index (χ2v) is 5.16. The number of nitrogens with zero attached hydrogens (tertiary/aromatic N) is 1. The summed E-state index contributed by atoms with van der Waals surface area (Å²) in [5.74, 6) is 0.813. The summed E-state index contributed by atoms with van der Waals surface area (Å²) in [6.07, 6.45) is 3.02. The van der Waals surface area contributed by atoms with E-state index in [2.05, 4.69) is 25.3 Å². The lowest BCUT2D eigenvalue weighted by molar-refractivity contribution is 0.187. The van der Waals surface area contributed by atoms with Crippen LogP contribution in [-0.4, -0.2) is 23.2 Å². The standard InChI is InChI=1S/C18H18N4O2/c1-24-18(23)22-15-9-5-8-14(12-15)21-16(17-19-10-11-20-17)13-6-3-2-4-7-13/h2-12,16,21H,1H3,(H,19,20)(H,22,23). The summed E-state index contributed by atoms with van der Waals surface area (Å²) in [6.45, 7) is 0. The summed E-state index contributed by atoms with van der Waals surface area (Å²) in [7, 11) is 1.33. The van der Waals surface area contributed by atoms with Crippen LogP contribution in [0.5, 0.6) is 0 Å². The number of aromatic amines is 1. The molecule has 0 aliphatic heterocycles. The van der Waals surface area contributed by atoms with Crippen LogP contribution in [-0.2, 0) is 4.74 Å². The van der Waals surface area contributed by atoms with Crippen LogP contribution in [0.25, 0.3) is 0 Å². The molecule has 1 atom stereocenters. The largest absolute Gasteiger partial charge is 0.453 e. The highest BCUT2D eigenvalue weighted by Crippen LogP contribution is 2.25. The fourth-order valence-electron chi connectivity index (χ4n) is 2.41. The molecule has 0 saturated carbocycles. The van der Waals surface area contributed by atoms with Crippen molar-refractivity contribution in [3.63, 3.8) is 0 Å². The number of carbonyl (C=O) groups is 1. The molecule has 0 spiro atoms. The molecule has 24 heavy (non-hydrogen) atoms. The molecule has 0 bridgehead atoms. The Morgan fingerprint density at radius 1 is 1.12 bits per heavy atom. The Morgan fingerprint density at radius 2 is 1.92 bits per heavy atom. The monoisotopic (exact) mass is 322 g/mol. The molecule has 122 valence electrons. The van der Waals surface area contributed by atoms with Crippen LogP contribution in [0.3, 0.4) is 0 Å². The highest BCUT2D eigenvalue weighted by molar-refractivity contribution is 5.85. The van der Waals surface area contributed by atoms with Crippen molar-refractivity contribution < 1.29 is 9.53 Å². The zero-order valence-electron chi connectivity index (χ0n) is 13.2. The molecule has 6 heteroatoms. The fourth-order valence-corrected chi connectivity index (χ4v) is 2.41. The van der Waals surface area contributed by atoms with E-state index in [1.807, 2.05) is 48.5 Å². The summed E-state index contributed by atoms with van der Waals surface area (Å²) in [4.78, 5) is 18.9. The number of rotatable bonds is 5. The molecule has 6 nitrogen and oxygen atoms in total. The van der Waals surface area contributed by atoms with Crippen molar-refractivity contribution >= 4 is 17.5 Å². The van der Waals surface area contributed by atoms with Gasteiger partial charge < -0.3 is 15.0 Å². The van der Waals surface area contributed by atoms with E-state index < -0.39 is 6.09 Å². The lowest BCUT2D eigenvalue weighted by Crippen LogP contribution is -2.15. The molecule has 3 aromatic rings. The van der Waals surface area contributed by atoms with Crippen LogP contribution in [0.15, 0.2) is 67.0 Å². The number of imidazole rings is 1. The Morgan fingerprint density at radius 3 is 2.62 bits per heavy atom. The van der Waals surface area contributed by atoms with E-state index in [1.165, 1.54) is 7.11 Å². The topological polar surface area (TPSA) is 79.0 Å². The molecule has 0 radical (unpaired) electrons. The van der Waals surface area contributed by atoms with Gasteiger partial charge in [-0.25, -0.2) is 9.78 Å². The first-order chi connectivity index (χ1) is 11.8. The van der Waals surface area contributed by atoms with E-state index >= 15 is 0 Å². The number of anilines is 2. The molecule has 1 aromatic heterocycles. The van der Waals surface area contributed by atoms with E-state index in [9.17, 15) is 4.79 Å². The molecule has 3 N–H and O–H groups in total. The minimum absolute atomic E-state index is 0.130. The third-order valence-electron chi connectivity index (χ3n) is 3.53. The van der Waals surface area contributed by atoms with Gasteiger partial charge in [0.15, 0.2) is 0 Å². The summed E-state index contributed by atoms with van der Waals surface area (Å²) in [5, 5.41) is 6.10. The van der Waals surface area contributed by atoms with Crippen molar-refractivity contribution in [3.8, 4) is 0 Å². The first kappa shape index (κ1) is 15.6. The minimum atomic E-state index is -0.502. The number of hydrogen-bond acceptors (Lipinski definition) is 4. The molecule has 1 amide bonds. The maximum Gasteiger partial charge on any atom is 0.411 e. The molecule has 3 rings (SSSR count). The van der Waals surface area contributed by atoms with Gasteiger partial charge in [-0.1, -0.05) is 36.4 Å². The van der Waals surface area contributed by atoms with Crippen LogP contribution in [0.2, 0.25) is 0 Å². The van der Waals surface area contributed by atoms with E-state index in [1.54, 1.807) is 18.5 Å². The van der Waals surface area contributed by atoms with Crippen molar-refractivity contribution in [3.05, 3.63) is 78.4 Å². The SMILES string of the molecule is COC(=O)Nc1cccc(NC(c2ccccc2)c2ncc[nH]2)c1. The minimum Gasteiger partial charge on any atom is -0.453 e. The van der Waals surface area contributed by atoms with E-state index in [0.717, 1.165) is 17.1 Å². The van der Waals surface area contributed by atoms with Crippen LogP contribution >= 0.6 is 0 Å². The maximum absolute atomic E-state index is 11.4. The lowest BCUT2D eigenvalue weighted by atomic mass is 10.1. The fraction of sp³-hybridized carbons (Fsp3) is 0.111. The zero-order valence-corrected chi connectivity index (χ0v) is 13.2. The Hall–Kier alpha value is -3.28. The first-order valence-electron chi connectivity index (χ1n) is 7.52. The van der Waals surface area contributed by atoms with Crippen molar-refractivity contribution in [1.82, 2.24) is 9.97 Å². The molecule has 0 saturated heterocycles. The number of benzene rings is 2. The Kier molecular flexibility index (Phi) is 4.76. The third-order valence-corrected chi connectivity index (χ3v) is 3.53. The number of carbonyl (C=O) groups excluding carboxylic acids is 1. The summed E-state index contributed by atoms with van der Waals surface area (Å²) in [6, 6.07) is 17.3. The predicted octanol–water partition coefficient (Wildman–Crippen LogP) is 3.79. The van der Waals surface area contributed by atoms with Gasteiger partial charge in [0.25, 0.3) is 0 Å². The Labute approximate surface area is 139 Å². The van der Waals surface area contributed by atoms with Crippen molar-refractivity contribution in [2.24, 2.45) is 0 Å². The Balaban J connectivity index is 1.86. The average molecular weight is 322 g/mol. The van der Waals surface area contributed by atoms with E-state index in [4.69, 9.17) is 0 Å². The summed E-state index contributed by atoms with van der Waals surface area (Å²) < 4.78 is 4.62. The van der Waals surface area contributed by atoms with Gasteiger partial charge in [0, 0.05) is 23.8 Å². The van der Waals surface area contributed by atoms with Crippen molar-refractivity contribution in [2.75, 3.05) is 17.7 Å². The molecular weight excluding hydrogens is 304 g/mol.